The van der Waals surface area contributed by atoms with Crippen molar-refractivity contribution in [3.8, 4) is 11.3 Å². The zero-order chi connectivity index (χ0) is 16.7. The van der Waals surface area contributed by atoms with Crippen molar-refractivity contribution >= 4 is 6.08 Å². The van der Waals surface area contributed by atoms with Gasteiger partial charge in [0.15, 0.2) is 5.76 Å². The van der Waals surface area contributed by atoms with Crippen molar-refractivity contribution in [3.63, 3.8) is 0 Å². The molecule has 0 saturated carbocycles. The summed E-state index contributed by atoms with van der Waals surface area (Å²) < 4.78 is 81.1. The van der Waals surface area contributed by atoms with Gasteiger partial charge < -0.3 is 4.42 Å². The third kappa shape index (κ3) is 3.07. The molecular formula is C13H7F6NO2. The Balaban J connectivity index is 2.75. The number of alkyl halides is 6. The van der Waals surface area contributed by atoms with Crippen LogP contribution in [0.25, 0.3) is 17.4 Å². The van der Waals surface area contributed by atoms with E-state index >= 15 is 0 Å². The van der Waals surface area contributed by atoms with E-state index in [9.17, 15) is 31.1 Å². The van der Waals surface area contributed by atoms with Gasteiger partial charge in [0, 0.05) is 5.56 Å². The van der Waals surface area contributed by atoms with Crippen molar-refractivity contribution in [3.05, 3.63) is 52.1 Å². The van der Waals surface area contributed by atoms with Crippen molar-refractivity contribution in [1.82, 2.24) is 4.98 Å². The number of hydrogen-bond acceptors (Lipinski definition) is 2. The summed E-state index contributed by atoms with van der Waals surface area (Å²) in [6.07, 6.45) is -8.92. The minimum atomic E-state index is -4.99. The molecule has 0 atom stereocenters. The number of aromatic amines is 1. The van der Waals surface area contributed by atoms with Gasteiger partial charge in [0.2, 0.25) is 0 Å². The van der Waals surface area contributed by atoms with Gasteiger partial charge in [-0.15, -0.1) is 0 Å². The van der Waals surface area contributed by atoms with Crippen LogP contribution in [0.1, 0.15) is 16.8 Å². The SMILES string of the molecule is C=Cc1[nH]c(=O)oc1-c1cc(C(F)(F)F)cc(C(F)(F)F)c1. The molecule has 2 aromatic rings. The first-order valence-electron chi connectivity index (χ1n) is 5.68. The molecule has 0 radical (unpaired) electrons. The first-order chi connectivity index (χ1) is 10.0. The minimum absolute atomic E-state index is 0.0121. The molecule has 118 valence electrons. The number of rotatable bonds is 2. The van der Waals surface area contributed by atoms with Gasteiger partial charge in [-0.3, -0.25) is 4.98 Å². The molecule has 0 aliphatic heterocycles. The normalized spacial score (nSPS) is 12.5. The first-order valence-corrected chi connectivity index (χ1v) is 5.68. The average molecular weight is 323 g/mol. The van der Waals surface area contributed by atoms with Crippen molar-refractivity contribution in [1.29, 1.82) is 0 Å². The van der Waals surface area contributed by atoms with E-state index in [1.807, 2.05) is 0 Å². The summed E-state index contributed by atoms with van der Waals surface area (Å²) in [5.41, 5.74) is -3.65. The first kappa shape index (κ1) is 15.9. The summed E-state index contributed by atoms with van der Waals surface area (Å²) >= 11 is 0. The smallest absolute Gasteiger partial charge is 0.407 e. The molecule has 1 aromatic carbocycles. The van der Waals surface area contributed by atoms with Crippen LogP contribution in [0.4, 0.5) is 26.3 Å². The fourth-order valence-electron chi connectivity index (χ4n) is 1.78. The largest absolute Gasteiger partial charge is 0.417 e. The van der Waals surface area contributed by atoms with Gasteiger partial charge in [-0.25, -0.2) is 4.79 Å². The van der Waals surface area contributed by atoms with Crippen LogP contribution >= 0.6 is 0 Å². The molecule has 0 aliphatic rings. The van der Waals surface area contributed by atoms with Gasteiger partial charge in [-0.1, -0.05) is 6.58 Å². The Labute approximate surface area is 118 Å². The molecule has 3 nitrogen and oxygen atoms in total. The topological polar surface area (TPSA) is 46.0 Å². The molecule has 0 unspecified atom stereocenters. The van der Waals surface area contributed by atoms with E-state index in [0.29, 0.717) is 12.1 Å². The lowest BCUT2D eigenvalue weighted by molar-refractivity contribution is -0.143. The summed E-state index contributed by atoms with van der Waals surface area (Å²) in [5.74, 6) is -1.47. The minimum Gasteiger partial charge on any atom is -0.407 e. The number of H-pyrrole nitrogens is 1. The molecule has 9 heteroatoms. The third-order valence-electron chi connectivity index (χ3n) is 2.73. The van der Waals surface area contributed by atoms with E-state index in [2.05, 4.69) is 16.0 Å². The maximum Gasteiger partial charge on any atom is 0.417 e. The molecule has 0 amide bonds. The van der Waals surface area contributed by atoms with E-state index in [1.165, 1.54) is 0 Å². The number of nitrogens with one attached hydrogen (secondary N) is 1. The zero-order valence-electron chi connectivity index (χ0n) is 10.6. The second-order valence-electron chi connectivity index (χ2n) is 4.26. The quantitative estimate of drug-likeness (QED) is 0.837. The van der Waals surface area contributed by atoms with Crippen molar-refractivity contribution in [2.24, 2.45) is 0 Å². The van der Waals surface area contributed by atoms with Gasteiger partial charge >= 0.3 is 18.1 Å². The zero-order valence-corrected chi connectivity index (χ0v) is 10.6. The van der Waals surface area contributed by atoms with Crippen LogP contribution in [0, 0.1) is 0 Å². The Kier molecular flexibility index (Phi) is 3.68. The van der Waals surface area contributed by atoms with Crippen LogP contribution in [-0.2, 0) is 12.4 Å². The van der Waals surface area contributed by atoms with Crippen LogP contribution in [0.5, 0.6) is 0 Å². The second-order valence-corrected chi connectivity index (χ2v) is 4.26. The van der Waals surface area contributed by atoms with E-state index in [4.69, 9.17) is 0 Å². The molecule has 0 bridgehead atoms. The Morgan fingerprint density at radius 2 is 1.50 bits per heavy atom. The Hall–Kier alpha value is -2.45. The molecule has 1 aromatic heterocycles. The summed E-state index contributed by atoms with van der Waals surface area (Å²) in [5, 5.41) is 0. The number of oxazole rings is 1. The van der Waals surface area contributed by atoms with Gasteiger partial charge in [0.1, 0.15) is 0 Å². The monoisotopic (exact) mass is 323 g/mol. The maximum atomic E-state index is 12.8. The highest BCUT2D eigenvalue weighted by Crippen LogP contribution is 2.39. The lowest BCUT2D eigenvalue weighted by atomic mass is 10.0. The van der Waals surface area contributed by atoms with Crippen LogP contribution < -0.4 is 5.76 Å². The number of halogens is 6. The second kappa shape index (κ2) is 5.08. The average Bonchev–Trinajstić information content (AvgIpc) is 2.77. The molecule has 0 fully saturated rings. The lowest BCUT2D eigenvalue weighted by Gasteiger charge is -2.13. The number of benzene rings is 1. The van der Waals surface area contributed by atoms with Gasteiger partial charge in [0.05, 0.1) is 16.8 Å². The van der Waals surface area contributed by atoms with Crippen LogP contribution in [0.15, 0.2) is 34.0 Å². The van der Waals surface area contributed by atoms with Crippen LogP contribution in [0.2, 0.25) is 0 Å². The summed E-state index contributed by atoms with van der Waals surface area (Å²) in [4.78, 5) is 13.2. The Bertz CT molecular complexity index is 734. The molecular weight excluding hydrogens is 316 g/mol. The fraction of sp³-hybridized carbons (Fsp3) is 0.154. The maximum absolute atomic E-state index is 12.8. The standard InChI is InChI=1S/C13H7F6NO2/c1-2-9-10(22-11(21)20-9)6-3-7(12(14,15)16)5-8(4-6)13(17,18)19/h2-5H,1H2,(H,20,21). The van der Waals surface area contributed by atoms with Crippen molar-refractivity contribution in [2.45, 2.75) is 12.4 Å². The molecule has 0 aliphatic carbocycles. The van der Waals surface area contributed by atoms with E-state index in [-0.39, 0.29) is 11.8 Å². The van der Waals surface area contributed by atoms with Crippen LogP contribution in [0.3, 0.4) is 0 Å². The molecule has 0 spiro atoms. The molecule has 2 rings (SSSR count). The van der Waals surface area contributed by atoms with Crippen molar-refractivity contribution < 1.29 is 30.8 Å². The molecule has 1 heterocycles. The number of aromatic nitrogens is 1. The van der Waals surface area contributed by atoms with Gasteiger partial charge in [-0.2, -0.15) is 26.3 Å². The molecule has 1 N–H and O–H groups in total. The fourth-order valence-corrected chi connectivity index (χ4v) is 1.78. The predicted octanol–water partition coefficient (Wildman–Crippen LogP) is 4.32. The Morgan fingerprint density at radius 3 is 1.91 bits per heavy atom. The molecule has 0 saturated heterocycles. The highest BCUT2D eigenvalue weighted by atomic mass is 19.4. The van der Waals surface area contributed by atoms with Gasteiger partial charge in [0.25, 0.3) is 0 Å². The summed E-state index contributed by atoms with van der Waals surface area (Å²) in [7, 11) is 0. The molecule has 22 heavy (non-hydrogen) atoms. The Morgan fingerprint density at radius 1 is 1.00 bits per heavy atom. The van der Waals surface area contributed by atoms with E-state index in [0.717, 1.165) is 6.08 Å². The van der Waals surface area contributed by atoms with Crippen LogP contribution in [-0.4, -0.2) is 4.98 Å². The third-order valence-corrected chi connectivity index (χ3v) is 2.73. The van der Waals surface area contributed by atoms with E-state index < -0.39 is 40.6 Å². The summed E-state index contributed by atoms with van der Waals surface area (Å²) in [6.45, 7) is 3.30. The van der Waals surface area contributed by atoms with Gasteiger partial charge in [-0.05, 0) is 24.3 Å². The van der Waals surface area contributed by atoms with Crippen molar-refractivity contribution in [2.75, 3.05) is 0 Å². The highest BCUT2D eigenvalue weighted by molar-refractivity contribution is 5.69. The predicted molar refractivity (Wildman–Crippen MR) is 64.9 cm³/mol. The highest BCUT2D eigenvalue weighted by Gasteiger charge is 2.37. The number of hydrogen-bond donors (Lipinski definition) is 1. The van der Waals surface area contributed by atoms with E-state index in [1.54, 1.807) is 0 Å². The summed E-state index contributed by atoms with van der Waals surface area (Å²) in [6, 6.07) is 0.921. The lowest BCUT2D eigenvalue weighted by Crippen LogP contribution is -2.11.